The lowest BCUT2D eigenvalue weighted by atomic mass is 9.65. The van der Waals surface area contributed by atoms with Crippen LogP contribution in [0.25, 0.3) is 11.8 Å². The lowest BCUT2D eigenvalue weighted by Gasteiger charge is -2.42. The summed E-state index contributed by atoms with van der Waals surface area (Å²) < 4.78 is 57.6. The Bertz CT molecular complexity index is 1480. The molecule has 2 aromatic carbocycles. The molecule has 0 radical (unpaired) electrons. The molecular formula is C27H30F2N4O3S. The van der Waals surface area contributed by atoms with Gasteiger partial charge in [-0.3, -0.25) is 4.72 Å². The van der Waals surface area contributed by atoms with E-state index in [0.29, 0.717) is 43.4 Å². The molecule has 196 valence electrons. The molecule has 1 aromatic heterocycles. The molecule has 3 aromatic rings. The largest absolute Gasteiger partial charge is 0.389 e. The number of hydrogen-bond donors (Lipinski definition) is 2. The van der Waals surface area contributed by atoms with E-state index in [4.69, 9.17) is 0 Å². The molecule has 2 aliphatic rings. The molecule has 1 saturated carbocycles. The van der Waals surface area contributed by atoms with E-state index < -0.39 is 27.0 Å². The molecule has 1 fully saturated rings. The second-order valence-electron chi connectivity index (χ2n) is 10.3. The summed E-state index contributed by atoms with van der Waals surface area (Å²) in [4.78, 5) is 0. The minimum atomic E-state index is -3.77. The molecule has 5 rings (SSSR count). The van der Waals surface area contributed by atoms with Crippen molar-refractivity contribution in [2.75, 3.05) is 18.8 Å². The number of nitrogens with zero attached hydrogens (tertiary/aromatic N) is 3. The third-order valence-electron chi connectivity index (χ3n) is 7.95. The molecule has 10 heteroatoms. The first-order valence-electron chi connectivity index (χ1n) is 12.2. The molecule has 0 unspecified atom stereocenters. The predicted octanol–water partition coefficient (Wildman–Crippen LogP) is 4.47. The summed E-state index contributed by atoms with van der Waals surface area (Å²) in [5, 5.41) is 16.4. The monoisotopic (exact) mass is 528 g/mol. The Labute approximate surface area is 215 Å². The Morgan fingerprint density at radius 3 is 2.54 bits per heavy atom. The molecule has 7 nitrogen and oxygen atoms in total. The summed E-state index contributed by atoms with van der Waals surface area (Å²) >= 11 is 0. The highest BCUT2D eigenvalue weighted by Crippen LogP contribution is 2.57. The van der Waals surface area contributed by atoms with Crippen molar-refractivity contribution in [2.45, 2.75) is 44.6 Å². The number of anilines is 1. The highest BCUT2D eigenvalue weighted by molar-refractivity contribution is 7.90. The van der Waals surface area contributed by atoms with E-state index in [1.54, 1.807) is 23.0 Å². The van der Waals surface area contributed by atoms with Crippen LogP contribution in [0.2, 0.25) is 0 Å². The van der Waals surface area contributed by atoms with Crippen LogP contribution in [-0.2, 0) is 23.1 Å². The summed E-state index contributed by atoms with van der Waals surface area (Å²) in [6.07, 6.45) is 6.31. The van der Waals surface area contributed by atoms with Gasteiger partial charge < -0.3 is 5.11 Å². The zero-order chi connectivity index (χ0) is 26.6. The van der Waals surface area contributed by atoms with Gasteiger partial charge in [-0.25, -0.2) is 13.5 Å². The zero-order valence-corrected chi connectivity index (χ0v) is 21.8. The molecule has 0 aliphatic heterocycles. The fourth-order valence-electron chi connectivity index (χ4n) is 5.56. The van der Waals surface area contributed by atoms with Gasteiger partial charge in [0, 0.05) is 19.5 Å². The smallest absolute Gasteiger partial charge is 0.301 e. The third-order valence-corrected chi connectivity index (χ3v) is 9.39. The molecule has 0 spiro atoms. The number of halogens is 2. The minimum Gasteiger partial charge on any atom is -0.389 e. The second kappa shape index (κ2) is 9.04. The van der Waals surface area contributed by atoms with Gasteiger partial charge in [0.05, 0.1) is 28.9 Å². The van der Waals surface area contributed by atoms with E-state index >= 15 is 0 Å². The Morgan fingerprint density at radius 1 is 1.14 bits per heavy atom. The summed E-state index contributed by atoms with van der Waals surface area (Å²) in [5.41, 5.74) is 2.94. The number of hydrogen-bond acceptors (Lipinski definition) is 4. The number of fused-ring (bicyclic) bond motifs is 2. The molecule has 1 heterocycles. The first kappa shape index (κ1) is 25.6. The van der Waals surface area contributed by atoms with Crippen molar-refractivity contribution >= 4 is 22.0 Å². The average molecular weight is 529 g/mol. The van der Waals surface area contributed by atoms with Gasteiger partial charge in [-0.2, -0.15) is 17.8 Å². The fraction of sp³-hybridized carbons (Fsp3) is 0.370. The van der Waals surface area contributed by atoms with E-state index in [9.17, 15) is 22.3 Å². The number of nitrogens with one attached hydrogen (secondary N) is 1. The van der Waals surface area contributed by atoms with Gasteiger partial charge in [0.15, 0.2) is 0 Å². The van der Waals surface area contributed by atoms with Crippen LogP contribution in [0.3, 0.4) is 0 Å². The van der Waals surface area contributed by atoms with Crippen molar-refractivity contribution < 1.29 is 22.3 Å². The van der Waals surface area contributed by atoms with E-state index in [2.05, 4.69) is 15.9 Å². The highest BCUT2D eigenvalue weighted by atomic mass is 32.2. The van der Waals surface area contributed by atoms with Crippen molar-refractivity contribution in [2.24, 2.45) is 5.41 Å². The molecule has 0 bridgehead atoms. The van der Waals surface area contributed by atoms with E-state index in [1.165, 1.54) is 44.4 Å². The van der Waals surface area contributed by atoms with Crippen molar-refractivity contribution in [3.05, 3.63) is 82.7 Å². The van der Waals surface area contributed by atoms with Gasteiger partial charge in [0.2, 0.25) is 0 Å². The topological polar surface area (TPSA) is 87.5 Å². The quantitative estimate of drug-likeness (QED) is 0.474. The Balaban J connectivity index is 1.41. The standard InChI is InChI=1S/C27H30F2N4O3S/c1-26-16-19-17-30-33(23-7-4-21(28)5-8-23)25(19)15-20(26)11-13-27(26,34)12-10-18-14-22(29)6-9-24(18)31-37(35,36)32(2)3/h4-9,14-15,17,31,34H,10-13,16H2,1-3H3/t26-,27-/m0/s1. The SMILES string of the molecule is CN(C)S(=O)(=O)Nc1ccc(F)cc1CC[C@]1(O)CCC2=Cc3c(cnn3-c3ccc(F)cc3)C[C@@]21C. The molecule has 0 saturated heterocycles. The average Bonchev–Trinajstić information content (AvgIpc) is 3.35. The van der Waals surface area contributed by atoms with Gasteiger partial charge in [0.25, 0.3) is 0 Å². The molecular weight excluding hydrogens is 498 g/mol. The number of rotatable bonds is 7. The van der Waals surface area contributed by atoms with Crippen LogP contribution in [0, 0.1) is 17.0 Å². The van der Waals surface area contributed by atoms with Crippen LogP contribution in [0.1, 0.15) is 43.0 Å². The third kappa shape index (κ3) is 4.47. The zero-order valence-electron chi connectivity index (χ0n) is 21.0. The van der Waals surface area contributed by atoms with E-state index in [-0.39, 0.29) is 5.82 Å². The van der Waals surface area contributed by atoms with Crippen LogP contribution >= 0.6 is 0 Å². The van der Waals surface area contributed by atoms with Gasteiger partial charge >= 0.3 is 10.2 Å². The number of aryl methyl sites for hydroxylation is 1. The molecule has 2 N–H and O–H groups in total. The lowest BCUT2D eigenvalue weighted by Crippen LogP contribution is -2.45. The summed E-state index contributed by atoms with van der Waals surface area (Å²) in [7, 11) is -0.940. The first-order valence-corrected chi connectivity index (χ1v) is 13.6. The van der Waals surface area contributed by atoms with Crippen molar-refractivity contribution in [3.8, 4) is 5.69 Å². The van der Waals surface area contributed by atoms with Crippen LogP contribution in [0.5, 0.6) is 0 Å². The number of benzene rings is 2. The Morgan fingerprint density at radius 2 is 1.84 bits per heavy atom. The summed E-state index contributed by atoms with van der Waals surface area (Å²) in [6.45, 7) is 2.05. The van der Waals surface area contributed by atoms with Crippen LogP contribution < -0.4 is 4.72 Å². The van der Waals surface area contributed by atoms with Gasteiger partial charge in [-0.05, 0) is 91.8 Å². The van der Waals surface area contributed by atoms with Crippen LogP contribution in [0.4, 0.5) is 14.5 Å². The van der Waals surface area contributed by atoms with E-state index in [0.717, 1.165) is 26.8 Å². The maximum Gasteiger partial charge on any atom is 0.301 e. The lowest BCUT2D eigenvalue weighted by molar-refractivity contribution is -0.0461. The van der Waals surface area contributed by atoms with E-state index in [1.807, 2.05) is 6.92 Å². The molecule has 0 amide bonds. The molecule has 2 atom stereocenters. The van der Waals surface area contributed by atoms with Crippen molar-refractivity contribution in [3.63, 3.8) is 0 Å². The Hall–Kier alpha value is -3.08. The van der Waals surface area contributed by atoms with Crippen LogP contribution in [0.15, 0.2) is 54.2 Å². The van der Waals surface area contributed by atoms with Crippen molar-refractivity contribution in [1.29, 1.82) is 0 Å². The van der Waals surface area contributed by atoms with Gasteiger partial charge in [-0.1, -0.05) is 12.5 Å². The number of aromatic nitrogens is 2. The number of aliphatic hydroxyl groups is 1. The summed E-state index contributed by atoms with van der Waals surface area (Å²) in [5.74, 6) is -0.781. The van der Waals surface area contributed by atoms with Gasteiger partial charge in [-0.15, -0.1) is 0 Å². The molecule has 37 heavy (non-hydrogen) atoms. The Kier molecular flexibility index (Phi) is 6.24. The normalized spacial score (nSPS) is 23.1. The maximum absolute atomic E-state index is 14.1. The van der Waals surface area contributed by atoms with Crippen LogP contribution in [-0.4, -0.2) is 47.3 Å². The predicted molar refractivity (Wildman–Crippen MR) is 138 cm³/mol. The van der Waals surface area contributed by atoms with Crippen molar-refractivity contribution in [1.82, 2.24) is 14.1 Å². The fourth-order valence-corrected chi connectivity index (χ4v) is 6.22. The minimum absolute atomic E-state index is 0.295. The summed E-state index contributed by atoms with van der Waals surface area (Å²) in [6, 6.07) is 10.1. The maximum atomic E-state index is 14.1. The highest BCUT2D eigenvalue weighted by Gasteiger charge is 2.54. The first-order chi connectivity index (χ1) is 17.4. The second-order valence-corrected chi connectivity index (χ2v) is 12.2. The molecule has 2 aliphatic carbocycles. The van der Waals surface area contributed by atoms with Gasteiger partial charge in [0.1, 0.15) is 11.6 Å².